The Labute approximate surface area is 116 Å². The van der Waals surface area contributed by atoms with Crippen molar-refractivity contribution >= 4 is 18.0 Å². The number of carbonyl (C=O) groups excluding carboxylic acids is 2. The maximum absolute atomic E-state index is 11.6. The summed E-state index contributed by atoms with van der Waals surface area (Å²) in [7, 11) is 0. The van der Waals surface area contributed by atoms with Gasteiger partial charge in [-0.05, 0) is 19.3 Å². The monoisotopic (exact) mass is 288 g/mol. The molecule has 1 heterocycles. The van der Waals surface area contributed by atoms with E-state index >= 15 is 0 Å². The van der Waals surface area contributed by atoms with Gasteiger partial charge >= 0.3 is 0 Å². The molecular formula is C12H20N2O6. The molecule has 8 heteroatoms. The third-order valence-corrected chi connectivity index (χ3v) is 2.98. The largest absolute Gasteiger partial charge is 0.466 e. The van der Waals surface area contributed by atoms with Crippen molar-refractivity contribution < 1.29 is 29.6 Å². The number of hydrogen-bond acceptors (Lipinski definition) is 8. The second-order valence-electron chi connectivity index (χ2n) is 4.62. The standard InChI is InChI=1S/C12H20N2O6/c13-7(5-15)3-1-2-4-14-12-10(19)9(18)11(20-12)8(17)6-16/h5,7-9,11,16-18H,1-4,6,13H2. The smallest absolute Gasteiger partial charge is 0.256 e. The molecule has 0 aromatic rings. The number of nitrogens with two attached hydrogens (primary N) is 1. The molecule has 1 aliphatic rings. The molecule has 1 aliphatic heterocycles. The fraction of sp³-hybridized carbons (Fsp3) is 0.750. The molecule has 0 spiro atoms. The summed E-state index contributed by atoms with van der Waals surface area (Å²) in [6.45, 7) is -0.326. The van der Waals surface area contributed by atoms with Gasteiger partial charge in [-0.15, -0.1) is 0 Å². The third-order valence-electron chi connectivity index (χ3n) is 2.98. The molecule has 0 saturated carbocycles. The highest BCUT2D eigenvalue weighted by Gasteiger charge is 2.44. The number of carbonyl (C=O) groups is 2. The van der Waals surface area contributed by atoms with E-state index in [1.807, 2.05) is 0 Å². The minimum Gasteiger partial charge on any atom is -0.466 e. The van der Waals surface area contributed by atoms with Crippen molar-refractivity contribution in [3.8, 4) is 0 Å². The van der Waals surface area contributed by atoms with E-state index in [1.165, 1.54) is 0 Å². The SMILES string of the molecule is NC(C=O)CCCCN=C1OC(C(O)CO)C(O)C1=O. The van der Waals surface area contributed by atoms with E-state index in [0.717, 1.165) is 0 Å². The molecule has 0 radical (unpaired) electrons. The lowest BCUT2D eigenvalue weighted by Crippen LogP contribution is -2.38. The van der Waals surface area contributed by atoms with Gasteiger partial charge in [0.1, 0.15) is 12.4 Å². The molecule has 4 unspecified atom stereocenters. The molecule has 0 amide bonds. The molecule has 1 rings (SSSR count). The number of aldehydes is 1. The summed E-state index contributed by atoms with van der Waals surface area (Å²) >= 11 is 0. The van der Waals surface area contributed by atoms with Crippen molar-refractivity contribution in [2.75, 3.05) is 13.2 Å². The van der Waals surface area contributed by atoms with Gasteiger partial charge in [-0.3, -0.25) is 4.79 Å². The summed E-state index contributed by atoms with van der Waals surface area (Å²) in [6.07, 6.45) is -1.53. The highest BCUT2D eigenvalue weighted by atomic mass is 16.5. The zero-order valence-electron chi connectivity index (χ0n) is 11.0. The number of rotatable bonds is 8. The summed E-state index contributed by atoms with van der Waals surface area (Å²) in [6, 6.07) is -0.488. The van der Waals surface area contributed by atoms with Crippen LogP contribution < -0.4 is 5.73 Å². The fourth-order valence-electron chi connectivity index (χ4n) is 1.78. The molecule has 1 fully saturated rings. The molecule has 0 aromatic heterocycles. The van der Waals surface area contributed by atoms with Gasteiger partial charge in [0, 0.05) is 6.54 Å². The Balaban J connectivity index is 2.41. The Hall–Kier alpha value is -1.35. The number of aliphatic hydroxyl groups is 3. The first-order valence-electron chi connectivity index (χ1n) is 6.44. The zero-order valence-corrected chi connectivity index (χ0v) is 11.0. The van der Waals surface area contributed by atoms with E-state index in [1.54, 1.807) is 0 Å². The van der Waals surface area contributed by atoms with Crippen LogP contribution in [-0.4, -0.2) is 70.8 Å². The van der Waals surface area contributed by atoms with Crippen LogP contribution in [0.15, 0.2) is 4.99 Å². The first kappa shape index (κ1) is 16.7. The average molecular weight is 288 g/mol. The second-order valence-corrected chi connectivity index (χ2v) is 4.62. The molecule has 0 bridgehead atoms. The number of ether oxygens (including phenoxy) is 1. The molecule has 20 heavy (non-hydrogen) atoms. The van der Waals surface area contributed by atoms with Gasteiger partial charge in [-0.25, -0.2) is 4.99 Å². The van der Waals surface area contributed by atoms with E-state index in [0.29, 0.717) is 32.1 Å². The summed E-state index contributed by atoms with van der Waals surface area (Å²) in [4.78, 5) is 25.8. The van der Waals surface area contributed by atoms with Gasteiger partial charge in [0.05, 0.1) is 12.6 Å². The average Bonchev–Trinajstić information content (AvgIpc) is 2.74. The van der Waals surface area contributed by atoms with E-state index in [-0.39, 0.29) is 5.90 Å². The predicted molar refractivity (Wildman–Crippen MR) is 69.2 cm³/mol. The van der Waals surface area contributed by atoms with Gasteiger partial charge in [0.15, 0.2) is 12.2 Å². The summed E-state index contributed by atoms with van der Waals surface area (Å²) in [5.41, 5.74) is 5.42. The Kier molecular flexibility index (Phi) is 6.73. The van der Waals surface area contributed by atoms with Crippen molar-refractivity contribution in [2.45, 2.75) is 43.6 Å². The molecule has 0 aromatic carbocycles. The first-order valence-corrected chi connectivity index (χ1v) is 6.44. The van der Waals surface area contributed by atoms with Crippen molar-refractivity contribution in [2.24, 2.45) is 10.7 Å². The topological polar surface area (TPSA) is 142 Å². The summed E-state index contributed by atoms with van der Waals surface area (Å²) < 4.78 is 5.05. The molecule has 1 saturated heterocycles. The quantitative estimate of drug-likeness (QED) is 0.292. The van der Waals surface area contributed by atoms with Crippen LogP contribution in [0, 0.1) is 0 Å². The van der Waals surface area contributed by atoms with Crippen molar-refractivity contribution in [1.82, 2.24) is 0 Å². The molecule has 4 atom stereocenters. The number of hydrogen-bond donors (Lipinski definition) is 4. The maximum atomic E-state index is 11.6. The Bertz CT molecular complexity index is 373. The van der Waals surface area contributed by atoms with Crippen LogP contribution in [0.1, 0.15) is 19.3 Å². The minimum atomic E-state index is -1.51. The van der Waals surface area contributed by atoms with Gasteiger partial charge in [-0.1, -0.05) is 0 Å². The van der Waals surface area contributed by atoms with E-state index < -0.39 is 36.7 Å². The molecule has 5 N–H and O–H groups in total. The number of ketones is 1. The number of aliphatic hydroxyl groups excluding tert-OH is 3. The zero-order chi connectivity index (χ0) is 15.1. The molecule has 114 valence electrons. The normalized spacial score (nSPS) is 27.4. The molecule has 0 aliphatic carbocycles. The predicted octanol–water partition coefficient (Wildman–Crippen LogP) is -2.24. The van der Waals surface area contributed by atoms with Crippen molar-refractivity contribution in [3.05, 3.63) is 0 Å². The lowest BCUT2D eigenvalue weighted by Gasteiger charge is -2.16. The van der Waals surface area contributed by atoms with Crippen LogP contribution in [0.5, 0.6) is 0 Å². The molecular weight excluding hydrogens is 268 g/mol. The van der Waals surface area contributed by atoms with Crippen molar-refractivity contribution in [1.29, 1.82) is 0 Å². The minimum absolute atomic E-state index is 0.241. The third kappa shape index (κ3) is 4.34. The van der Waals surface area contributed by atoms with Crippen LogP contribution in [0.4, 0.5) is 0 Å². The van der Waals surface area contributed by atoms with E-state index in [4.69, 9.17) is 15.6 Å². The lowest BCUT2D eigenvalue weighted by atomic mass is 10.1. The maximum Gasteiger partial charge on any atom is 0.256 e. The Morgan fingerprint density at radius 1 is 1.45 bits per heavy atom. The van der Waals surface area contributed by atoms with Gasteiger partial charge in [0.25, 0.3) is 5.90 Å². The van der Waals surface area contributed by atoms with Crippen LogP contribution >= 0.6 is 0 Å². The highest BCUT2D eigenvalue weighted by molar-refractivity contribution is 6.39. The van der Waals surface area contributed by atoms with E-state index in [2.05, 4.69) is 4.99 Å². The number of nitrogens with zero attached hydrogens (tertiary/aromatic N) is 1. The Morgan fingerprint density at radius 2 is 2.15 bits per heavy atom. The summed E-state index contributed by atoms with van der Waals surface area (Å²) in [5.74, 6) is -0.943. The lowest BCUT2D eigenvalue weighted by molar-refractivity contribution is -0.123. The molecule has 8 nitrogen and oxygen atoms in total. The Morgan fingerprint density at radius 3 is 2.75 bits per heavy atom. The van der Waals surface area contributed by atoms with E-state index in [9.17, 15) is 19.8 Å². The number of unbranched alkanes of at least 4 members (excludes halogenated alkanes) is 1. The first-order chi connectivity index (χ1) is 9.51. The van der Waals surface area contributed by atoms with Gasteiger partial charge in [-0.2, -0.15) is 0 Å². The van der Waals surface area contributed by atoms with Crippen molar-refractivity contribution in [3.63, 3.8) is 0 Å². The number of aliphatic imine (C=N–C) groups is 1. The van der Waals surface area contributed by atoms with Crippen LogP contribution in [0.2, 0.25) is 0 Å². The van der Waals surface area contributed by atoms with Gasteiger partial charge < -0.3 is 30.6 Å². The second kappa shape index (κ2) is 8.05. The number of Topliss-reactive ketones (excluding diaryl/α,β-unsaturated/α-hetero) is 1. The summed E-state index contributed by atoms with van der Waals surface area (Å²) in [5, 5.41) is 27.7. The van der Waals surface area contributed by atoms with Crippen LogP contribution in [0.3, 0.4) is 0 Å². The van der Waals surface area contributed by atoms with Crippen LogP contribution in [0.25, 0.3) is 0 Å². The van der Waals surface area contributed by atoms with Gasteiger partial charge in [0.2, 0.25) is 5.78 Å². The van der Waals surface area contributed by atoms with Crippen LogP contribution in [-0.2, 0) is 14.3 Å². The highest BCUT2D eigenvalue weighted by Crippen LogP contribution is 2.16. The fourth-order valence-corrected chi connectivity index (χ4v) is 1.78.